The molecule has 0 aliphatic heterocycles. The molecular weight excluding hydrogens is 256 g/mol. The fraction of sp³-hybridized carbons (Fsp3) is 0.400. The van der Waals surface area contributed by atoms with Gasteiger partial charge >= 0.3 is 0 Å². The average Bonchev–Trinajstić information content (AvgIpc) is 2.93. The lowest BCUT2D eigenvalue weighted by molar-refractivity contribution is 0.0668. The number of aromatic nitrogens is 1. The molecule has 3 nitrogen and oxygen atoms in total. The molecule has 19 heavy (non-hydrogen) atoms. The quantitative estimate of drug-likeness (QED) is 0.910. The number of hydrogen-bond acceptors (Lipinski definition) is 4. The molecule has 1 heterocycles. The molecule has 0 saturated heterocycles. The number of benzene rings is 1. The zero-order valence-electron chi connectivity index (χ0n) is 10.8. The second-order valence-corrected chi connectivity index (χ2v) is 6.10. The van der Waals surface area contributed by atoms with Crippen molar-refractivity contribution in [1.29, 1.82) is 0 Å². The SMILES string of the molecule is NCC1(COc2ccc(-c3nccs3)cc2)CCC1. The van der Waals surface area contributed by atoms with E-state index in [9.17, 15) is 0 Å². The first kappa shape index (κ1) is 12.6. The third-order valence-electron chi connectivity index (χ3n) is 3.93. The van der Waals surface area contributed by atoms with Crippen molar-refractivity contribution in [2.24, 2.45) is 11.1 Å². The molecule has 2 aromatic rings. The number of nitrogens with zero attached hydrogens (tertiary/aromatic N) is 1. The smallest absolute Gasteiger partial charge is 0.123 e. The van der Waals surface area contributed by atoms with E-state index in [1.54, 1.807) is 11.3 Å². The molecule has 1 aromatic carbocycles. The molecule has 0 bridgehead atoms. The van der Waals surface area contributed by atoms with Crippen LogP contribution in [0.1, 0.15) is 19.3 Å². The van der Waals surface area contributed by atoms with Crippen molar-refractivity contribution in [2.45, 2.75) is 19.3 Å². The lowest BCUT2D eigenvalue weighted by atomic mass is 9.69. The average molecular weight is 274 g/mol. The predicted octanol–water partition coefficient (Wildman–Crippen LogP) is 3.32. The molecule has 2 N–H and O–H groups in total. The lowest BCUT2D eigenvalue weighted by Crippen LogP contribution is -2.42. The molecule has 1 saturated carbocycles. The molecule has 0 spiro atoms. The van der Waals surface area contributed by atoms with Gasteiger partial charge in [-0.3, -0.25) is 0 Å². The molecule has 1 aliphatic carbocycles. The Hall–Kier alpha value is -1.39. The van der Waals surface area contributed by atoms with Crippen molar-refractivity contribution in [1.82, 2.24) is 4.98 Å². The number of ether oxygens (including phenoxy) is 1. The van der Waals surface area contributed by atoms with Gasteiger partial charge in [0.15, 0.2) is 0 Å². The summed E-state index contributed by atoms with van der Waals surface area (Å²) < 4.78 is 5.88. The summed E-state index contributed by atoms with van der Waals surface area (Å²) in [5.74, 6) is 0.917. The van der Waals surface area contributed by atoms with Crippen LogP contribution in [0.3, 0.4) is 0 Å². The van der Waals surface area contributed by atoms with Crippen LogP contribution in [0.2, 0.25) is 0 Å². The van der Waals surface area contributed by atoms with Crippen LogP contribution in [0.15, 0.2) is 35.8 Å². The highest BCUT2D eigenvalue weighted by Gasteiger charge is 2.36. The van der Waals surface area contributed by atoms with Crippen LogP contribution in [0.4, 0.5) is 0 Å². The van der Waals surface area contributed by atoms with Crippen LogP contribution in [-0.4, -0.2) is 18.1 Å². The van der Waals surface area contributed by atoms with Crippen molar-refractivity contribution in [3.63, 3.8) is 0 Å². The fourth-order valence-corrected chi connectivity index (χ4v) is 3.02. The van der Waals surface area contributed by atoms with Crippen molar-refractivity contribution in [3.05, 3.63) is 35.8 Å². The molecule has 0 unspecified atom stereocenters. The molecule has 0 radical (unpaired) electrons. The topological polar surface area (TPSA) is 48.1 Å². The van der Waals surface area contributed by atoms with Gasteiger partial charge < -0.3 is 10.5 Å². The highest BCUT2D eigenvalue weighted by atomic mass is 32.1. The second-order valence-electron chi connectivity index (χ2n) is 5.21. The van der Waals surface area contributed by atoms with Gasteiger partial charge in [0.2, 0.25) is 0 Å². The summed E-state index contributed by atoms with van der Waals surface area (Å²) in [6.07, 6.45) is 5.50. The first-order valence-electron chi connectivity index (χ1n) is 6.64. The Morgan fingerprint density at radius 2 is 2.05 bits per heavy atom. The monoisotopic (exact) mass is 274 g/mol. The van der Waals surface area contributed by atoms with Crippen LogP contribution in [0.5, 0.6) is 5.75 Å². The minimum atomic E-state index is 0.230. The van der Waals surface area contributed by atoms with E-state index >= 15 is 0 Å². The lowest BCUT2D eigenvalue weighted by Gasteiger charge is -2.40. The summed E-state index contributed by atoms with van der Waals surface area (Å²) in [7, 11) is 0. The summed E-state index contributed by atoms with van der Waals surface area (Å²) >= 11 is 1.65. The van der Waals surface area contributed by atoms with E-state index in [1.165, 1.54) is 19.3 Å². The molecule has 1 fully saturated rings. The van der Waals surface area contributed by atoms with Gasteiger partial charge in [-0.2, -0.15) is 0 Å². The Balaban J connectivity index is 1.63. The second kappa shape index (κ2) is 5.31. The largest absolute Gasteiger partial charge is 0.493 e. The third-order valence-corrected chi connectivity index (χ3v) is 4.75. The first-order chi connectivity index (χ1) is 9.31. The molecule has 1 aromatic heterocycles. The summed E-state index contributed by atoms with van der Waals surface area (Å²) in [6.45, 7) is 1.46. The Morgan fingerprint density at radius 3 is 2.58 bits per heavy atom. The minimum Gasteiger partial charge on any atom is -0.493 e. The summed E-state index contributed by atoms with van der Waals surface area (Å²) in [5.41, 5.74) is 7.20. The van der Waals surface area contributed by atoms with Gasteiger partial charge in [-0.05, 0) is 37.1 Å². The van der Waals surface area contributed by atoms with E-state index in [2.05, 4.69) is 17.1 Å². The van der Waals surface area contributed by atoms with Gasteiger partial charge in [0.25, 0.3) is 0 Å². The number of hydrogen-bond donors (Lipinski definition) is 1. The highest BCUT2D eigenvalue weighted by Crippen LogP contribution is 2.40. The predicted molar refractivity (Wildman–Crippen MR) is 78.4 cm³/mol. The Bertz CT molecular complexity index is 512. The van der Waals surface area contributed by atoms with Crippen molar-refractivity contribution in [2.75, 3.05) is 13.2 Å². The summed E-state index contributed by atoms with van der Waals surface area (Å²) in [4.78, 5) is 4.30. The molecule has 4 heteroatoms. The summed E-state index contributed by atoms with van der Waals surface area (Å²) in [5, 5.41) is 3.03. The number of thiazole rings is 1. The normalized spacial score (nSPS) is 16.9. The number of nitrogens with two attached hydrogens (primary N) is 1. The summed E-state index contributed by atoms with van der Waals surface area (Å²) in [6, 6.07) is 8.15. The van der Waals surface area contributed by atoms with Crippen molar-refractivity contribution in [3.8, 4) is 16.3 Å². The Labute approximate surface area is 117 Å². The molecule has 3 rings (SSSR count). The van der Waals surface area contributed by atoms with Crippen LogP contribution in [-0.2, 0) is 0 Å². The van der Waals surface area contributed by atoms with Gasteiger partial charge in [-0.15, -0.1) is 11.3 Å². The van der Waals surface area contributed by atoms with Gasteiger partial charge in [-0.1, -0.05) is 6.42 Å². The number of rotatable bonds is 5. The van der Waals surface area contributed by atoms with Crippen LogP contribution in [0, 0.1) is 5.41 Å². The minimum absolute atomic E-state index is 0.230. The maximum absolute atomic E-state index is 5.88. The third kappa shape index (κ3) is 2.65. The van der Waals surface area contributed by atoms with Crippen molar-refractivity contribution < 1.29 is 4.74 Å². The van der Waals surface area contributed by atoms with Crippen LogP contribution in [0.25, 0.3) is 10.6 Å². The standard InChI is InChI=1S/C15H18N2OS/c16-10-15(6-1-7-15)11-18-13-4-2-12(3-5-13)14-17-8-9-19-14/h2-5,8-9H,1,6-7,10-11,16H2. The molecule has 0 atom stereocenters. The maximum Gasteiger partial charge on any atom is 0.123 e. The van der Waals surface area contributed by atoms with Crippen molar-refractivity contribution >= 4 is 11.3 Å². The zero-order valence-corrected chi connectivity index (χ0v) is 11.7. The first-order valence-corrected chi connectivity index (χ1v) is 7.52. The Morgan fingerprint density at radius 1 is 1.26 bits per heavy atom. The van der Waals surface area contributed by atoms with E-state index in [1.807, 2.05) is 23.7 Å². The fourth-order valence-electron chi connectivity index (χ4n) is 2.38. The van der Waals surface area contributed by atoms with Crippen LogP contribution < -0.4 is 10.5 Å². The Kier molecular flexibility index (Phi) is 3.53. The van der Waals surface area contributed by atoms with E-state index < -0.39 is 0 Å². The molecule has 1 aliphatic rings. The molecular formula is C15H18N2OS. The zero-order chi connectivity index (χ0) is 13.1. The van der Waals surface area contributed by atoms with Gasteiger partial charge in [-0.25, -0.2) is 4.98 Å². The van der Waals surface area contributed by atoms with E-state index in [-0.39, 0.29) is 5.41 Å². The van der Waals surface area contributed by atoms with E-state index in [0.717, 1.165) is 29.5 Å². The van der Waals surface area contributed by atoms with E-state index in [0.29, 0.717) is 0 Å². The molecule has 100 valence electrons. The van der Waals surface area contributed by atoms with E-state index in [4.69, 9.17) is 10.5 Å². The van der Waals surface area contributed by atoms with Gasteiger partial charge in [0.05, 0.1) is 6.61 Å². The van der Waals surface area contributed by atoms with Gasteiger partial charge in [0, 0.05) is 29.1 Å². The highest BCUT2D eigenvalue weighted by molar-refractivity contribution is 7.13. The van der Waals surface area contributed by atoms with Gasteiger partial charge in [0.1, 0.15) is 10.8 Å². The molecule has 0 amide bonds. The maximum atomic E-state index is 5.88. The van der Waals surface area contributed by atoms with Crippen LogP contribution >= 0.6 is 11.3 Å².